The fraction of sp³-hybridized carbons (Fsp3) is 0.259. The molecule has 2 rings (SSSR count). The normalized spacial score (nSPS) is 10.3. The van der Waals surface area contributed by atoms with Crippen molar-refractivity contribution in [2.24, 2.45) is 0 Å². The maximum absolute atomic E-state index is 5.49. The standard InChI is InChI=1S/C27H32O2/c1-7-22-16-20(17-23(8-2)26(22)28-5)14-12-11-13-15-21-18-24(9-3)27(29-6)25(10-4)19-21/h7-10,16-19H,1-4,11-15H2,5-6H3. The quantitative estimate of drug-likeness (QED) is 0.357. The molecule has 2 nitrogen and oxygen atoms in total. The Bertz CT molecular complexity index is 758. The fourth-order valence-corrected chi connectivity index (χ4v) is 3.68. The van der Waals surface area contributed by atoms with Gasteiger partial charge in [-0.15, -0.1) is 0 Å². The summed E-state index contributed by atoms with van der Waals surface area (Å²) in [5, 5.41) is 0. The highest BCUT2D eigenvalue weighted by Crippen LogP contribution is 2.30. The topological polar surface area (TPSA) is 18.5 Å². The van der Waals surface area contributed by atoms with Crippen molar-refractivity contribution in [2.45, 2.75) is 32.1 Å². The Hall–Kier alpha value is -3.00. The molecule has 29 heavy (non-hydrogen) atoms. The molecule has 0 radical (unpaired) electrons. The Morgan fingerprint density at radius 1 is 0.586 bits per heavy atom. The SMILES string of the molecule is C=Cc1cc(CCCCCc2cc(C=C)c(OC)c(C=C)c2)cc(C=C)c1OC. The molecule has 0 unspecified atom stereocenters. The van der Waals surface area contributed by atoms with Crippen LogP contribution >= 0.6 is 0 Å². The first-order valence-electron chi connectivity index (χ1n) is 10.0. The van der Waals surface area contributed by atoms with Crippen LogP contribution in [-0.4, -0.2) is 14.2 Å². The van der Waals surface area contributed by atoms with E-state index in [1.165, 1.54) is 11.1 Å². The van der Waals surface area contributed by atoms with Crippen molar-refractivity contribution < 1.29 is 9.47 Å². The first-order chi connectivity index (χ1) is 14.1. The summed E-state index contributed by atoms with van der Waals surface area (Å²) >= 11 is 0. The van der Waals surface area contributed by atoms with Crippen molar-refractivity contribution in [2.75, 3.05) is 14.2 Å². The van der Waals surface area contributed by atoms with Gasteiger partial charge in [-0.1, -0.05) is 57.0 Å². The number of hydrogen-bond donors (Lipinski definition) is 0. The molecule has 0 spiro atoms. The van der Waals surface area contributed by atoms with E-state index in [-0.39, 0.29) is 0 Å². The van der Waals surface area contributed by atoms with E-state index in [0.717, 1.165) is 65.9 Å². The zero-order valence-electron chi connectivity index (χ0n) is 17.8. The van der Waals surface area contributed by atoms with E-state index in [9.17, 15) is 0 Å². The summed E-state index contributed by atoms with van der Waals surface area (Å²) in [5.41, 5.74) is 6.67. The highest BCUT2D eigenvalue weighted by Gasteiger charge is 2.09. The molecule has 0 aliphatic heterocycles. The zero-order valence-corrected chi connectivity index (χ0v) is 17.8. The van der Waals surface area contributed by atoms with Gasteiger partial charge in [-0.05, 0) is 61.1 Å². The molecule has 0 fully saturated rings. The van der Waals surface area contributed by atoms with E-state index in [0.29, 0.717) is 0 Å². The summed E-state index contributed by atoms with van der Waals surface area (Å²) in [7, 11) is 3.37. The summed E-state index contributed by atoms with van der Waals surface area (Å²) in [6.45, 7) is 15.6. The zero-order chi connectivity index (χ0) is 21.2. The van der Waals surface area contributed by atoms with E-state index < -0.39 is 0 Å². The van der Waals surface area contributed by atoms with Gasteiger partial charge in [-0.2, -0.15) is 0 Å². The van der Waals surface area contributed by atoms with E-state index in [1.807, 2.05) is 24.3 Å². The molecule has 0 amide bonds. The molecule has 0 aliphatic carbocycles. The molecule has 0 aliphatic rings. The van der Waals surface area contributed by atoms with Crippen molar-refractivity contribution in [1.29, 1.82) is 0 Å². The van der Waals surface area contributed by atoms with Gasteiger partial charge in [0.25, 0.3) is 0 Å². The molecule has 0 bridgehead atoms. The van der Waals surface area contributed by atoms with Crippen LogP contribution in [0.25, 0.3) is 24.3 Å². The van der Waals surface area contributed by atoms with Crippen LogP contribution in [0.2, 0.25) is 0 Å². The smallest absolute Gasteiger partial charge is 0.133 e. The van der Waals surface area contributed by atoms with E-state index >= 15 is 0 Å². The van der Waals surface area contributed by atoms with Crippen LogP contribution < -0.4 is 9.47 Å². The maximum Gasteiger partial charge on any atom is 0.133 e. The summed E-state index contributed by atoms with van der Waals surface area (Å²) in [6.07, 6.45) is 12.9. The minimum Gasteiger partial charge on any atom is -0.496 e. The molecule has 0 aromatic heterocycles. The van der Waals surface area contributed by atoms with Crippen molar-refractivity contribution in [1.82, 2.24) is 0 Å². The lowest BCUT2D eigenvalue weighted by atomic mass is 9.97. The monoisotopic (exact) mass is 388 g/mol. The predicted molar refractivity (Wildman–Crippen MR) is 128 cm³/mol. The molecule has 0 atom stereocenters. The molecule has 0 heterocycles. The summed E-state index contributed by atoms with van der Waals surface area (Å²) in [4.78, 5) is 0. The second-order valence-corrected chi connectivity index (χ2v) is 6.99. The third-order valence-electron chi connectivity index (χ3n) is 5.13. The van der Waals surface area contributed by atoms with Gasteiger partial charge in [0, 0.05) is 22.3 Å². The van der Waals surface area contributed by atoms with Gasteiger partial charge in [0.05, 0.1) is 14.2 Å². The largest absolute Gasteiger partial charge is 0.496 e. The van der Waals surface area contributed by atoms with Crippen molar-refractivity contribution in [3.63, 3.8) is 0 Å². The lowest BCUT2D eigenvalue weighted by molar-refractivity contribution is 0.412. The maximum atomic E-state index is 5.49. The van der Waals surface area contributed by atoms with Gasteiger partial charge >= 0.3 is 0 Å². The third-order valence-corrected chi connectivity index (χ3v) is 5.13. The van der Waals surface area contributed by atoms with Gasteiger partial charge in [-0.25, -0.2) is 0 Å². The highest BCUT2D eigenvalue weighted by molar-refractivity contribution is 5.68. The fourth-order valence-electron chi connectivity index (χ4n) is 3.68. The van der Waals surface area contributed by atoms with Crippen LogP contribution in [0, 0.1) is 0 Å². The van der Waals surface area contributed by atoms with Crippen LogP contribution in [0.15, 0.2) is 50.6 Å². The Morgan fingerprint density at radius 2 is 0.897 bits per heavy atom. The van der Waals surface area contributed by atoms with Gasteiger partial charge < -0.3 is 9.47 Å². The van der Waals surface area contributed by atoms with E-state index in [4.69, 9.17) is 9.47 Å². The van der Waals surface area contributed by atoms with Gasteiger partial charge in [0.2, 0.25) is 0 Å². The first kappa shape index (κ1) is 22.3. The molecule has 2 aromatic carbocycles. The lowest BCUT2D eigenvalue weighted by Crippen LogP contribution is -1.96. The van der Waals surface area contributed by atoms with Crippen molar-refractivity contribution in [3.8, 4) is 11.5 Å². The van der Waals surface area contributed by atoms with E-state index in [1.54, 1.807) is 14.2 Å². The first-order valence-corrected chi connectivity index (χ1v) is 10.0. The van der Waals surface area contributed by atoms with Crippen LogP contribution in [0.3, 0.4) is 0 Å². The number of unbranched alkanes of at least 4 members (excludes halogenated alkanes) is 2. The Balaban J connectivity index is 1.97. The highest BCUT2D eigenvalue weighted by atomic mass is 16.5. The van der Waals surface area contributed by atoms with Crippen LogP contribution in [0.5, 0.6) is 11.5 Å². The van der Waals surface area contributed by atoms with Crippen LogP contribution in [0.4, 0.5) is 0 Å². The molecule has 0 N–H and O–H groups in total. The Morgan fingerprint density at radius 3 is 1.14 bits per heavy atom. The van der Waals surface area contributed by atoms with Crippen LogP contribution in [0.1, 0.15) is 52.6 Å². The number of hydrogen-bond acceptors (Lipinski definition) is 2. The van der Waals surface area contributed by atoms with Gasteiger partial charge in [-0.3, -0.25) is 0 Å². The van der Waals surface area contributed by atoms with Crippen LogP contribution in [-0.2, 0) is 12.8 Å². The number of rotatable bonds is 12. The number of ether oxygens (including phenoxy) is 2. The average Bonchev–Trinajstić information content (AvgIpc) is 2.76. The number of benzene rings is 2. The average molecular weight is 389 g/mol. The number of methoxy groups -OCH3 is 2. The Labute approximate surface area is 175 Å². The molecular formula is C27H32O2. The summed E-state index contributed by atoms with van der Waals surface area (Å²) in [5.74, 6) is 1.68. The second-order valence-electron chi connectivity index (χ2n) is 6.99. The summed E-state index contributed by atoms with van der Waals surface area (Å²) < 4.78 is 11.0. The molecule has 0 saturated heterocycles. The second kappa shape index (κ2) is 11.1. The summed E-state index contributed by atoms with van der Waals surface area (Å²) in [6, 6.07) is 8.65. The molecule has 2 heteroatoms. The minimum atomic E-state index is 0.842. The third kappa shape index (κ3) is 5.51. The lowest BCUT2D eigenvalue weighted by Gasteiger charge is -2.13. The van der Waals surface area contributed by atoms with Crippen molar-refractivity contribution >= 4 is 24.3 Å². The van der Waals surface area contributed by atoms with Crippen molar-refractivity contribution in [3.05, 3.63) is 84.0 Å². The molecule has 152 valence electrons. The number of aryl methyl sites for hydroxylation is 2. The van der Waals surface area contributed by atoms with Gasteiger partial charge in [0.15, 0.2) is 0 Å². The molecular weight excluding hydrogens is 356 g/mol. The Kier molecular flexibility index (Phi) is 8.54. The van der Waals surface area contributed by atoms with E-state index in [2.05, 4.69) is 50.6 Å². The predicted octanol–water partition coefficient (Wildman–Crippen LogP) is 7.23. The van der Waals surface area contributed by atoms with Gasteiger partial charge in [0.1, 0.15) is 11.5 Å². The molecule has 0 saturated carbocycles. The minimum absolute atomic E-state index is 0.842. The molecule has 2 aromatic rings.